The van der Waals surface area contributed by atoms with Crippen molar-refractivity contribution in [1.29, 1.82) is 0 Å². The van der Waals surface area contributed by atoms with Crippen LogP contribution < -0.4 is 6.15 Å². The summed E-state index contributed by atoms with van der Waals surface area (Å²) in [5, 5.41) is 7.38. The monoisotopic (exact) mass is 247 g/mol. The topological polar surface area (TPSA) is 96.0 Å². The first-order chi connectivity index (χ1) is 5.33. The van der Waals surface area contributed by atoms with E-state index in [9.17, 15) is 0 Å². The van der Waals surface area contributed by atoms with Gasteiger partial charge in [0, 0.05) is 18.6 Å². The van der Waals surface area contributed by atoms with Gasteiger partial charge in [0.2, 0.25) is 0 Å². The van der Waals surface area contributed by atoms with Crippen LogP contribution in [-0.4, -0.2) is 17.3 Å². The van der Waals surface area contributed by atoms with Gasteiger partial charge < -0.3 is 18.6 Å². The van der Waals surface area contributed by atoms with Gasteiger partial charge in [0.1, 0.15) is 0 Å². The largest absolute Gasteiger partial charge is 0.412 e. The van der Waals surface area contributed by atoms with Crippen LogP contribution in [0, 0.1) is 6.92 Å². The van der Waals surface area contributed by atoms with Crippen molar-refractivity contribution in [3.63, 3.8) is 0 Å². The first kappa shape index (κ1) is 36.8. The Hall–Kier alpha value is 0.164. The minimum absolute atomic E-state index is 0. The zero-order valence-electron chi connectivity index (χ0n) is 9.62. The quantitative estimate of drug-likeness (QED) is 0.347. The normalized spacial score (nSPS) is 5.21. The molecular formula is C9H26NO3V-. The Morgan fingerprint density at radius 1 is 1.43 bits per heavy atom. The van der Waals surface area contributed by atoms with Gasteiger partial charge in [-0.1, -0.05) is 26.3 Å². The van der Waals surface area contributed by atoms with Crippen molar-refractivity contribution in [2.24, 2.45) is 0 Å². The van der Waals surface area contributed by atoms with E-state index in [0.29, 0.717) is 6.61 Å². The van der Waals surface area contributed by atoms with Crippen molar-refractivity contribution in [2.45, 2.75) is 33.6 Å². The Morgan fingerprint density at radius 3 is 1.71 bits per heavy atom. The zero-order chi connectivity index (χ0) is 9.54. The molecule has 5 heteroatoms. The minimum Gasteiger partial charge on any atom is -0.412 e. The predicted molar refractivity (Wildman–Crippen MR) is 59.0 cm³/mol. The average Bonchev–Trinajstić information content (AvgIpc) is 2.10. The van der Waals surface area contributed by atoms with E-state index in [1.54, 1.807) is 6.92 Å². The van der Waals surface area contributed by atoms with E-state index in [1.165, 1.54) is 0 Å². The molecule has 0 fully saturated rings. The van der Waals surface area contributed by atoms with E-state index >= 15 is 0 Å². The molecule has 0 aromatic heterocycles. The molecule has 0 aliphatic carbocycles. The first-order valence-corrected chi connectivity index (χ1v) is 3.99. The molecule has 0 aromatic carbocycles. The van der Waals surface area contributed by atoms with Crippen LogP contribution in [0.25, 0.3) is 0 Å². The fourth-order valence-corrected chi connectivity index (χ4v) is 0.144. The van der Waals surface area contributed by atoms with Crippen molar-refractivity contribution in [3.05, 3.63) is 19.6 Å². The number of allylic oxidation sites excluding steroid dienone is 1. The summed E-state index contributed by atoms with van der Waals surface area (Å²) in [5.41, 5.74) is 0. The molecule has 0 rings (SSSR count). The molecular weight excluding hydrogens is 221 g/mol. The Bertz CT molecular complexity index is 55.3. The van der Waals surface area contributed by atoms with Crippen molar-refractivity contribution in [3.8, 4) is 0 Å². The van der Waals surface area contributed by atoms with Gasteiger partial charge in [-0.25, -0.2) is 4.89 Å². The van der Waals surface area contributed by atoms with Gasteiger partial charge in [-0.2, -0.15) is 6.42 Å². The molecule has 1 radical (unpaired) electrons. The summed E-state index contributed by atoms with van der Waals surface area (Å²) in [5.74, 6) is 0. The van der Waals surface area contributed by atoms with Gasteiger partial charge in [-0.05, 0) is 6.92 Å². The number of hydrogen-bond donors (Lipinski definition) is 2. The van der Waals surface area contributed by atoms with Crippen LogP contribution in [0.1, 0.15) is 33.6 Å². The minimum atomic E-state index is 0. The second-order valence-electron chi connectivity index (χ2n) is 1.35. The third kappa shape index (κ3) is 151. The van der Waals surface area contributed by atoms with Gasteiger partial charge in [-0.3, -0.25) is 5.26 Å². The van der Waals surface area contributed by atoms with Crippen LogP contribution in [0.15, 0.2) is 12.7 Å². The molecule has 91 valence electrons. The van der Waals surface area contributed by atoms with Crippen molar-refractivity contribution in [1.82, 2.24) is 6.15 Å². The number of hydrogen-bond acceptors (Lipinski definition) is 3. The summed E-state index contributed by atoms with van der Waals surface area (Å²) in [6, 6.07) is 0. The molecule has 4 nitrogen and oxygen atoms in total. The standard InChI is InChI=1S/C5H9.C2H6O2.C2H6.H3N.H2O.V/c1-3-5-4-2;1-2-4-3;1-2;;;/h3H,1-2,4-5H2;3H,2H2,1H3;1-2H3;1H3;1H2;/q-1;;;;;. The summed E-state index contributed by atoms with van der Waals surface area (Å²) in [6.45, 7) is 13.2. The molecule has 0 bridgehead atoms. The van der Waals surface area contributed by atoms with Gasteiger partial charge >= 0.3 is 0 Å². The molecule has 0 aliphatic rings. The molecule has 0 aromatic rings. The molecule has 0 spiro atoms. The van der Waals surface area contributed by atoms with E-state index < -0.39 is 0 Å². The molecule has 0 atom stereocenters. The summed E-state index contributed by atoms with van der Waals surface area (Å²) in [6.07, 6.45) is 3.89. The molecule has 0 heterocycles. The maximum atomic E-state index is 7.38. The summed E-state index contributed by atoms with van der Waals surface area (Å²) in [7, 11) is 0. The summed E-state index contributed by atoms with van der Waals surface area (Å²) < 4.78 is 0. The Kier molecular flexibility index (Phi) is 192. The second kappa shape index (κ2) is 73.0. The number of unbranched alkanes of at least 4 members (excludes halogenated alkanes) is 1. The Balaban J connectivity index is -0.0000000166. The van der Waals surface area contributed by atoms with E-state index in [0.717, 1.165) is 12.8 Å². The third-order valence-corrected chi connectivity index (χ3v) is 0.537. The molecule has 14 heavy (non-hydrogen) atoms. The van der Waals surface area contributed by atoms with Crippen LogP contribution >= 0.6 is 0 Å². The molecule has 0 saturated carbocycles. The third-order valence-electron chi connectivity index (χ3n) is 0.537. The van der Waals surface area contributed by atoms with Gasteiger partial charge in [-0.15, -0.1) is 6.58 Å². The van der Waals surface area contributed by atoms with Gasteiger partial charge in [0.05, 0.1) is 6.61 Å². The van der Waals surface area contributed by atoms with Gasteiger partial charge in [0.25, 0.3) is 0 Å². The Labute approximate surface area is 100 Å². The summed E-state index contributed by atoms with van der Waals surface area (Å²) in [4.78, 5) is 3.54. The van der Waals surface area contributed by atoms with E-state index in [1.807, 2.05) is 19.9 Å². The molecule has 6 N–H and O–H groups in total. The molecule has 0 unspecified atom stereocenters. The van der Waals surface area contributed by atoms with Crippen LogP contribution in [0.3, 0.4) is 0 Å². The maximum absolute atomic E-state index is 7.38. The number of rotatable bonds is 3. The van der Waals surface area contributed by atoms with Crippen LogP contribution in [0.4, 0.5) is 0 Å². The second-order valence-corrected chi connectivity index (χ2v) is 1.35. The molecule has 0 aliphatic heterocycles. The van der Waals surface area contributed by atoms with Gasteiger partial charge in [0.15, 0.2) is 0 Å². The maximum Gasteiger partial charge on any atom is 0.0791 e. The van der Waals surface area contributed by atoms with Crippen molar-refractivity contribution < 1.29 is 34.2 Å². The molecule has 0 amide bonds. The van der Waals surface area contributed by atoms with Crippen LogP contribution in [0.5, 0.6) is 0 Å². The zero-order valence-corrected chi connectivity index (χ0v) is 11.0. The average molecular weight is 247 g/mol. The first-order valence-electron chi connectivity index (χ1n) is 3.99. The fraction of sp³-hybridized carbons (Fsp3) is 0.667. The van der Waals surface area contributed by atoms with Crippen molar-refractivity contribution >= 4 is 0 Å². The van der Waals surface area contributed by atoms with E-state index in [-0.39, 0.29) is 30.2 Å². The van der Waals surface area contributed by atoms with E-state index in [4.69, 9.17) is 5.26 Å². The SMILES string of the molecule is C=CCC[CH2-].CC.CCOO.N.O.[V]. The van der Waals surface area contributed by atoms with E-state index in [2.05, 4.69) is 18.4 Å². The fourth-order valence-electron chi connectivity index (χ4n) is 0.144. The summed E-state index contributed by atoms with van der Waals surface area (Å²) >= 11 is 0. The Morgan fingerprint density at radius 2 is 1.71 bits per heavy atom. The molecule has 0 saturated heterocycles. The predicted octanol–water partition coefficient (Wildman–Crippen LogP) is 2.64. The smallest absolute Gasteiger partial charge is 0.0791 e. The van der Waals surface area contributed by atoms with Crippen molar-refractivity contribution in [2.75, 3.05) is 6.61 Å². The van der Waals surface area contributed by atoms with Crippen LogP contribution in [0.2, 0.25) is 0 Å². The van der Waals surface area contributed by atoms with Crippen LogP contribution in [-0.2, 0) is 23.4 Å².